The van der Waals surface area contributed by atoms with E-state index in [1.54, 1.807) is 5.57 Å². The van der Waals surface area contributed by atoms with Gasteiger partial charge >= 0.3 is 99.2 Å². The van der Waals surface area contributed by atoms with Gasteiger partial charge in [0, 0.05) is 0 Å². The van der Waals surface area contributed by atoms with Crippen molar-refractivity contribution < 1.29 is 49.0 Å². The minimum atomic E-state index is 0. The Morgan fingerprint density at radius 3 is 1.63 bits per heavy atom. The minimum Gasteiger partial charge on any atom is -0.168 e. The third kappa shape index (κ3) is 10.00. The first kappa shape index (κ1) is 34.1. The van der Waals surface area contributed by atoms with E-state index in [0.717, 1.165) is 6.42 Å². The molecule has 1 aliphatic rings. The first-order chi connectivity index (χ1) is 17.1. The molecule has 0 saturated heterocycles. The van der Waals surface area contributed by atoms with Gasteiger partial charge in [0.1, 0.15) is 0 Å². The van der Waals surface area contributed by atoms with Gasteiger partial charge in [-0.15, -0.1) is 36.1 Å². The first-order valence-corrected chi connectivity index (χ1v) is 13.9. The number of hydrogen-bond acceptors (Lipinski definition) is 0. The van der Waals surface area contributed by atoms with E-state index in [9.17, 15) is 0 Å². The predicted molar refractivity (Wildman–Crippen MR) is 154 cm³/mol. The van der Waals surface area contributed by atoms with Gasteiger partial charge in [0.05, 0.1) is 0 Å². The summed E-state index contributed by atoms with van der Waals surface area (Å²) in [5, 5.41) is 2.66. The van der Waals surface area contributed by atoms with Crippen LogP contribution in [0.25, 0.3) is 10.8 Å². The van der Waals surface area contributed by atoms with Crippen molar-refractivity contribution in [3.05, 3.63) is 138 Å². The fourth-order valence-corrected chi connectivity index (χ4v) is 5.04. The topological polar surface area (TPSA) is 0 Å². The molecule has 198 valence electrons. The zero-order valence-corrected chi connectivity index (χ0v) is 27.3. The van der Waals surface area contributed by atoms with E-state index >= 15 is 0 Å². The molecule has 4 aromatic carbocycles. The van der Waals surface area contributed by atoms with Gasteiger partial charge in [0.25, 0.3) is 0 Å². The third-order valence-corrected chi connectivity index (χ3v) is 7.66. The molecule has 1 aliphatic carbocycles. The average molecular weight is 621 g/mol. The maximum Gasteiger partial charge on any atom is -0.0809 e. The van der Waals surface area contributed by atoms with Gasteiger partial charge in [-0.2, -0.15) is 28.7 Å². The molecule has 0 spiro atoms. The molecule has 0 bridgehead atoms. The number of rotatable bonds is 2. The number of hydrogen-bond donors (Lipinski definition) is 0. The summed E-state index contributed by atoms with van der Waals surface area (Å²) < 4.78 is 1.42. The van der Waals surface area contributed by atoms with E-state index in [0.29, 0.717) is 5.41 Å². The molecule has 4 aromatic rings. The Morgan fingerprint density at radius 2 is 1.18 bits per heavy atom. The molecule has 0 fully saturated rings. The van der Waals surface area contributed by atoms with E-state index in [1.807, 2.05) is 0 Å². The van der Waals surface area contributed by atoms with Gasteiger partial charge < -0.3 is 24.8 Å². The van der Waals surface area contributed by atoms with Crippen LogP contribution in [0.4, 0.5) is 0 Å². The van der Waals surface area contributed by atoms with Crippen LogP contribution in [0.1, 0.15) is 59.1 Å². The Bertz CT molecular complexity index is 1240. The Kier molecular flexibility index (Phi) is 14.0. The quantitative estimate of drug-likeness (QED) is 0.301. The second-order valence-corrected chi connectivity index (χ2v) is 12.4. The Hall–Kier alpha value is -1.92. The Labute approximate surface area is 257 Å². The zero-order chi connectivity index (χ0) is 26.2. The van der Waals surface area contributed by atoms with Crippen LogP contribution in [0.15, 0.2) is 120 Å². The molecule has 0 atom stereocenters. The number of halogens is 2. The van der Waals surface area contributed by atoms with Crippen molar-refractivity contribution in [2.75, 3.05) is 0 Å². The number of fused-ring (bicyclic) bond motifs is 1. The molecule has 0 nitrogen and oxygen atoms in total. The largest absolute Gasteiger partial charge is 0.168 e. The van der Waals surface area contributed by atoms with Crippen molar-refractivity contribution in [1.82, 2.24) is 0 Å². The van der Waals surface area contributed by atoms with Gasteiger partial charge in [-0.25, -0.2) is 6.08 Å². The molecular formula is C35H38Cl2Zr-2. The monoisotopic (exact) mass is 618 g/mol. The zero-order valence-electron chi connectivity index (χ0n) is 23.4. The van der Waals surface area contributed by atoms with Gasteiger partial charge in [0.15, 0.2) is 0 Å². The maximum atomic E-state index is 3.34. The van der Waals surface area contributed by atoms with Crippen molar-refractivity contribution in [1.29, 1.82) is 0 Å². The predicted octanol–water partition coefficient (Wildman–Crippen LogP) is 3.51. The molecule has 0 unspecified atom stereocenters. The second kappa shape index (κ2) is 15.6. The van der Waals surface area contributed by atoms with Crippen molar-refractivity contribution >= 4 is 14.0 Å². The molecule has 3 heteroatoms. The molecule has 0 aliphatic heterocycles. The Morgan fingerprint density at radius 1 is 0.684 bits per heavy atom. The maximum absolute atomic E-state index is 3.34. The fourth-order valence-electron chi connectivity index (χ4n) is 4.22. The molecule has 0 N–H and O–H groups in total. The number of benzene rings is 3. The van der Waals surface area contributed by atoms with Crippen molar-refractivity contribution in [2.45, 2.75) is 48.0 Å². The van der Waals surface area contributed by atoms with Crippen LogP contribution in [0.2, 0.25) is 0 Å². The summed E-state index contributed by atoms with van der Waals surface area (Å²) >= 11 is 1.46. The smallest absolute Gasteiger partial charge is 0.0809 e. The van der Waals surface area contributed by atoms with Crippen LogP contribution in [-0.4, -0.2) is 3.21 Å². The number of allylic oxidation sites excluding steroid dienone is 4. The minimum absolute atomic E-state index is 0. The summed E-state index contributed by atoms with van der Waals surface area (Å²) in [6.07, 6.45) is 6.54. The van der Waals surface area contributed by atoms with Crippen LogP contribution in [0, 0.1) is 16.9 Å². The van der Waals surface area contributed by atoms with Crippen LogP contribution in [-0.2, 0) is 24.2 Å². The second-order valence-electron chi connectivity index (χ2n) is 11.2. The standard InChI is InChI=1S/C13H10.C13H21.C9H7.2ClH.Zr/c1-3-7-12(8-4-1)11-13-9-5-2-6-10-13;1-12(2,3)10-8-7-9-11(10)13(4,5)6;1-2-5-9-7-3-6-8(9)4-1;;;/h1-10H;8H,9H2,1-6H3;1-7H;2*1H;/q;2*-1;;;+2/p-2. The molecule has 0 amide bonds. The summed E-state index contributed by atoms with van der Waals surface area (Å²) in [6.45, 7) is 13.7. The van der Waals surface area contributed by atoms with Gasteiger partial charge in [-0.05, 0) is 5.41 Å². The summed E-state index contributed by atoms with van der Waals surface area (Å²) in [4.78, 5) is 0. The van der Waals surface area contributed by atoms with Gasteiger partial charge in [-0.1, -0.05) is 53.0 Å². The Balaban J connectivity index is 0.000000283. The van der Waals surface area contributed by atoms with E-state index in [4.69, 9.17) is 0 Å². The van der Waals surface area contributed by atoms with Crippen LogP contribution in [0.3, 0.4) is 0 Å². The fraction of sp³-hybridized carbons (Fsp3) is 0.257. The summed E-state index contributed by atoms with van der Waals surface area (Å²) in [5.74, 6) is 0. The summed E-state index contributed by atoms with van der Waals surface area (Å²) in [5.41, 5.74) is 6.27. The molecule has 0 aromatic heterocycles. The normalized spacial score (nSPS) is 12.4. The van der Waals surface area contributed by atoms with Crippen LogP contribution < -0.4 is 24.8 Å². The molecule has 0 saturated carbocycles. The third-order valence-electron chi connectivity index (χ3n) is 6.24. The van der Waals surface area contributed by atoms with E-state index in [-0.39, 0.29) is 30.2 Å². The molecule has 0 heterocycles. The van der Waals surface area contributed by atoms with Crippen LogP contribution >= 0.6 is 0 Å². The van der Waals surface area contributed by atoms with E-state index in [2.05, 4.69) is 157 Å². The van der Waals surface area contributed by atoms with Crippen molar-refractivity contribution in [3.8, 4) is 0 Å². The van der Waals surface area contributed by atoms with E-state index in [1.165, 1.54) is 54.9 Å². The first-order valence-electron chi connectivity index (χ1n) is 12.7. The van der Waals surface area contributed by atoms with Crippen molar-refractivity contribution in [3.63, 3.8) is 0 Å². The van der Waals surface area contributed by atoms with Gasteiger partial charge in [0.2, 0.25) is 0 Å². The summed E-state index contributed by atoms with van der Waals surface area (Å²) in [6, 6.07) is 35.8. The molecule has 5 rings (SSSR count). The molecule has 0 radical (unpaired) electrons. The molecule has 38 heavy (non-hydrogen) atoms. The average Bonchev–Trinajstić information content (AvgIpc) is 3.55. The van der Waals surface area contributed by atoms with Crippen LogP contribution in [0.5, 0.6) is 0 Å². The van der Waals surface area contributed by atoms with Gasteiger partial charge in [-0.3, -0.25) is 6.08 Å². The SMILES string of the molecule is CC(C)(C)C1=C(C(C)(C)C)C[C-]=C1.[Cl-].[Cl-].[Zr+2]=[C](c1ccccc1)c1ccccc1.c1ccc2[cH-]ccc2c1. The summed E-state index contributed by atoms with van der Waals surface area (Å²) in [7, 11) is 0. The molecular weight excluding hydrogens is 583 g/mol. The van der Waals surface area contributed by atoms with Crippen molar-refractivity contribution in [2.24, 2.45) is 10.8 Å². The van der Waals surface area contributed by atoms with E-state index < -0.39 is 0 Å².